The van der Waals surface area contributed by atoms with Gasteiger partial charge in [0, 0.05) is 19.1 Å². The number of morpholine rings is 1. The van der Waals surface area contributed by atoms with E-state index in [-0.39, 0.29) is 6.10 Å². The zero-order chi connectivity index (χ0) is 16.4. The summed E-state index contributed by atoms with van der Waals surface area (Å²) in [5.41, 5.74) is 1.38. The molecule has 0 unspecified atom stereocenters. The summed E-state index contributed by atoms with van der Waals surface area (Å²) in [6, 6.07) is 15.5. The Morgan fingerprint density at radius 3 is 2.96 bits per heavy atom. The fourth-order valence-corrected chi connectivity index (χ4v) is 3.55. The van der Waals surface area contributed by atoms with Gasteiger partial charge >= 0.3 is 0 Å². The minimum Gasteiger partial charge on any atom is -0.374 e. The molecular weight excluding hydrogens is 300 g/mol. The molecule has 2 heterocycles. The van der Waals surface area contributed by atoms with Gasteiger partial charge in [-0.1, -0.05) is 42.5 Å². The van der Waals surface area contributed by atoms with E-state index in [4.69, 9.17) is 4.74 Å². The minimum absolute atomic E-state index is 0.151. The second kappa shape index (κ2) is 6.71. The third-order valence-electron chi connectivity index (χ3n) is 4.85. The molecule has 0 saturated carbocycles. The fraction of sp³-hybridized carbons (Fsp3) is 0.368. The molecule has 0 spiro atoms. The fourth-order valence-electron chi connectivity index (χ4n) is 3.55. The maximum absolute atomic E-state index is 5.92. The van der Waals surface area contributed by atoms with E-state index in [1.165, 1.54) is 16.3 Å². The molecule has 5 heteroatoms. The van der Waals surface area contributed by atoms with Crippen molar-refractivity contribution in [1.82, 2.24) is 19.7 Å². The Labute approximate surface area is 141 Å². The Morgan fingerprint density at radius 1 is 1.21 bits per heavy atom. The smallest absolute Gasteiger partial charge is 0.137 e. The van der Waals surface area contributed by atoms with Crippen LogP contribution in [0.1, 0.15) is 18.5 Å². The monoisotopic (exact) mass is 322 g/mol. The first kappa shape index (κ1) is 15.3. The molecule has 0 radical (unpaired) electrons. The first-order valence-corrected chi connectivity index (χ1v) is 8.47. The van der Waals surface area contributed by atoms with Gasteiger partial charge in [0.25, 0.3) is 0 Å². The third kappa shape index (κ3) is 3.05. The van der Waals surface area contributed by atoms with Crippen molar-refractivity contribution in [3.63, 3.8) is 0 Å². The zero-order valence-corrected chi connectivity index (χ0v) is 13.9. The number of hydrogen-bond donors (Lipinski definition) is 0. The van der Waals surface area contributed by atoms with E-state index in [0.717, 1.165) is 26.2 Å². The van der Waals surface area contributed by atoms with Crippen LogP contribution in [-0.2, 0) is 11.3 Å². The van der Waals surface area contributed by atoms with Crippen LogP contribution in [0.25, 0.3) is 10.8 Å². The van der Waals surface area contributed by atoms with Gasteiger partial charge in [-0.15, -0.1) is 0 Å². The van der Waals surface area contributed by atoms with Crippen LogP contribution in [0.2, 0.25) is 0 Å². The van der Waals surface area contributed by atoms with Crippen LogP contribution in [0.15, 0.2) is 55.1 Å². The highest BCUT2D eigenvalue weighted by Gasteiger charge is 2.26. The number of ether oxygens (including phenoxy) is 1. The maximum atomic E-state index is 5.92. The van der Waals surface area contributed by atoms with E-state index in [0.29, 0.717) is 6.04 Å². The van der Waals surface area contributed by atoms with Gasteiger partial charge in [0.05, 0.1) is 19.3 Å². The summed E-state index contributed by atoms with van der Waals surface area (Å²) in [4.78, 5) is 6.51. The molecule has 1 aliphatic rings. The van der Waals surface area contributed by atoms with Crippen molar-refractivity contribution in [2.45, 2.75) is 25.6 Å². The summed E-state index contributed by atoms with van der Waals surface area (Å²) < 4.78 is 7.77. The molecule has 3 aromatic rings. The molecule has 124 valence electrons. The van der Waals surface area contributed by atoms with E-state index in [1.54, 1.807) is 12.7 Å². The maximum Gasteiger partial charge on any atom is 0.137 e. The van der Waals surface area contributed by atoms with Gasteiger partial charge < -0.3 is 4.74 Å². The van der Waals surface area contributed by atoms with E-state index >= 15 is 0 Å². The Kier molecular flexibility index (Phi) is 4.28. The second-order valence-electron chi connectivity index (χ2n) is 6.35. The Morgan fingerprint density at radius 2 is 2.08 bits per heavy atom. The Balaban J connectivity index is 1.53. The molecule has 0 N–H and O–H groups in total. The van der Waals surface area contributed by atoms with Crippen molar-refractivity contribution in [2.24, 2.45) is 0 Å². The highest BCUT2D eigenvalue weighted by molar-refractivity contribution is 5.86. The van der Waals surface area contributed by atoms with Gasteiger partial charge in [0.2, 0.25) is 0 Å². The summed E-state index contributed by atoms with van der Waals surface area (Å²) in [5.74, 6) is 0. The minimum atomic E-state index is 0.151. The molecule has 2 atom stereocenters. The normalized spacial score (nSPS) is 20.3. The van der Waals surface area contributed by atoms with Crippen LogP contribution in [0, 0.1) is 0 Å². The van der Waals surface area contributed by atoms with Gasteiger partial charge in [-0.05, 0) is 23.3 Å². The van der Waals surface area contributed by atoms with Crippen molar-refractivity contribution in [2.75, 3.05) is 19.7 Å². The predicted molar refractivity (Wildman–Crippen MR) is 93.7 cm³/mol. The number of aromatic nitrogens is 3. The molecule has 1 aliphatic heterocycles. The van der Waals surface area contributed by atoms with Crippen molar-refractivity contribution in [1.29, 1.82) is 0 Å². The van der Waals surface area contributed by atoms with Crippen molar-refractivity contribution < 1.29 is 4.74 Å². The van der Waals surface area contributed by atoms with Gasteiger partial charge in [0.15, 0.2) is 0 Å². The topological polar surface area (TPSA) is 43.2 Å². The summed E-state index contributed by atoms with van der Waals surface area (Å²) >= 11 is 0. The molecule has 5 nitrogen and oxygen atoms in total. The van der Waals surface area contributed by atoms with Crippen LogP contribution in [-0.4, -0.2) is 45.5 Å². The van der Waals surface area contributed by atoms with Gasteiger partial charge in [-0.3, -0.25) is 9.58 Å². The van der Waals surface area contributed by atoms with Gasteiger partial charge in [0.1, 0.15) is 12.7 Å². The van der Waals surface area contributed by atoms with E-state index in [9.17, 15) is 0 Å². The zero-order valence-electron chi connectivity index (χ0n) is 13.9. The van der Waals surface area contributed by atoms with Crippen molar-refractivity contribution in [3.8, 4) is 0 Å². The largest absolute Gasteiger partial charge is 0.374 e. The number of fused-ring (bicyclic) bond motifs is 1. The molecular formula is C19H22N4O. The lowest BCUT2D eigenvalue weighted by Crippen LogP contribution is -2.45. The number of benzene rings is 2. The van der Waals surface area contributed by atoms with E-state index in [2.05, 4.69) is 64.4 Å². The molecule has 1 saturated heterocycles. The highest BCUT2D eigenvalue weighted by atomic mass is 16.5. The third-order valence-corrected chi connectivity index (χ3v) is 4.85. The summed E-state index contributed by atoms with van der Waals surface area (Å²) in [6.07, 6.45) is 3.47. The molecule has 2 aromatic carbocycles. The van der Waals surface area contributed by atoms with Crippen LogP contribution >= 0.6 is 0 Å². The molecule has 0 aliphatic carbocycles. The van der Waals surface area contributed by atoms with Crippen LogP contribution in [0.5, 0.6) is 0 Å². The molecule has 0 amide bonds. The lowest BCUT2D eigenvalue weighted by molar-refractivity contribution is -0.0495. The average Bonchev–Trinajstić information content (AvgIpc) is 3.14. The lowest BCUT2D eigenvalue weighted by atomic mass is 9.98. The lowest BCUT2D eigenvalue weighted by Gasteiger charge is -2.37. The van der Waals surface area contributed by atoms with Crippen LogP contribution < -0.4 is 0 Å². The van der Waals surface area contributed by atoms with Crippen molar-refractivity contribution in [3.05, 3.63) is 60.7 Å². The number of nitrogens with zero attached hydrogens (tertiary/aromatic N) is 4. The molecule has 4 rings (SSSR count). The second-order valence-corrected chi connectivity index (χ2v) is 6.35. The summed E-state index contributed by atoms with van der Waals surface area (Å²) in [5, 5.41) is 6.83. The Hall–Kier alpha value is -2.24. The molecule has 1 aromatic heterocycles. The molecule has 24 heavy (non-hydrogen) atoms. The predicted octanol–water partition coefficient (Wildman–Crippen LogP) is 2.89. The quantitative estimate of drug-likeness (QED) is 0.741. The van der Waals surface area contributed by atoms with E-state index < -0.39 is 0 Å². The van der Waals surface area contributed by atoms with E-state index in [1.807, 2.05) is 4.68 Å². The molecule has 0 bridgehead atoms. The highest BCUT2D eigenvalue weighted by Crippen LogP contribution is 2.29. The first-order valence-electron chi connectivity index (χ1n) is 8.47. The molecule has 1 fully saturated rings. The number of hydrogen-bond acceptors (Lipinski definition) is 4. The Bertz CT molecular complexity index is 797. The van der Waals surface area contributed by atoms with Crippen molar-refractivity contribution >= 4 is 10.8 Å². The standard InChI is InChI=1S/C19H22N4O/c1-15(18-8-4-6-16-5-2-3-7-19(16)18)22-9-10-24-17(11-22)12-23-14-20-13-21-23/h2-8,13-15,17H,9-12H2,1H3/t15-,17-/m0/s1. The summed E-state index contributed by atoms with van der Waals surface area (Å²) in [7, 11) is 0. The SMILES string of the molecule is C[C@@H](c1cccc2ccccc12)N1CCO[C@H](Cn2cncn2)C1. The summed E-state index contributed by atoms with van der Waals surface area (Å²) in [6.45, 7) is 5.66. The number of rotatable bonds is 4. The average molecular weight is 322 g/mol. The van der Waals surface area contributed by atoms with Crippen LogP contribution in [0.4, 0.5) is 0 Å². The van der Waals surface area contributed by atoms with Gasteiger partial charge in [-0.25, -0.2) is 4.98 Å². The first-order chi connectivity index (χ1) is 11.8. The van der Waals surface area contributed by atoms with Gasteiger partial charge in [-0.2, -0.15) is 5.10 Å². The van der Waals surface area contributed by atoms with Crippen LogP contribution in [0.3, 0.4) is 0 Å².